The van der Waals surface area contributed by atoms with Crippen molar-refractivity contribution in [1.29, 1.82) is 0 Å². The maximum Gasteiger partial charge on any atom is 0.159 e. The number of hydrogen-bond donors (Lipinski definition) is 0. The smallest absolute Gasteiger partial charge is 0.159 e. The number of para-hydroxylation sites is 9. The molecule has 0 spiro atoms. The van der Waals surface area contributed by atoms with Crippen LogP contribution in [0.3, 0.4) is 0 Å². The molecule has 25 rings (SSSR count). The predicted octanol–water partition coefficient (Wildman–Crippen LogP) is 35.7. The minimum atomic E-state index is 0.856. The van der Waals surface area contributed by atoms with Gasteiger partial charge in [0.2, 0.25) is 0 Å². The summed E-state index contributed by atoms with van der Waals surface area (Å²) < 4.78 is 18.3. The van der Waals surface area contributed by atoms with Crippen LogP contribution >= 0.6 is 22.7 Å². The molecule has 4 aromatic heterocycles. The minimum absolute atomic E-state index is 0.856. The molecule has 4 heterocycles. The van der Waals surface area contributed by atoms with Crippen LogP contribution in [0.2, 0.25) is 0 Å². The molecule has 0 unspecified atom stereocenters. The molecule has 0 amide bonds. The summed E-state index contributed by atoms with van der Waals surface area (Å²) in [5.74, 6) is 0. The van der Waals surface area contributed by atoms with E-state index in [0.717, 1.165) is 134 Å². The Bertz CT molecular complexity index is 8470. The van der Waals surface area contributed by atoms with Crippen LogP contribution in [0, 0.1) is 6.92 Å². The fourth-order valence-corrected chi connectivity index (χ4v) is 22.0. The van der Waals surface area contributed by atoms with Crippen molar-refractivity contribution in [2.75, 3.05) is 19.6 Å². The number of hydrogen-bond acceptors (Lipinski definition) is 8. The highest BCUT2D eigenvalue weighted by Gasteiger charge is 2.28. The summed E-state index contributed by atoms with van der Waals surface area (Å²) in [5.41, 5.74) is 24.9. The summed E-state index contributed by atoms with van der Waals surface area (Å²) in [6, 6.07) is 164. The monoisotopic (exact) mass is 1660 g/mol. The van der Waals surface area contributed by atoms with Crippen LogP contribution in [0.15, 0.2) is 464 Å². The van der Waals surface area contributed by atoms with Crippen LogP contribution in [0.1, 0.15) is 5.56 Å². The first-order valence-corrected chi connectivity index (χ1v) is 44.8. The van der Waals surface area contributed by atoms with E-state index in [1.165, 1.54) is 100 Å². The Balaban J connectivity index is 0.000000150. The van der Waals surface area contributed by atoms with Crippen molar-refractivity contribution in [3.63, 3.8) is 0 Å². The van der Waals surface area contributed by atoms with Crippen molar-refractivity contribution in [3.05, 3.63) is 461 Å². The Hall–Kier alpha value is -16.1. The van der Waals surface area contributed by atoms with E-state index in [1.807, 2.05) is 40.9 Å². The number of furan rings is 2. The molecule has 0 aliphatic heterocycles. The van der Waals surface area contributed by atoms with Gasteiger partial charge in [0.1, 0.15) is 16.7 Å². The quantitative estimate of drug-likeness (QED) is 0.0953. The Labute approximate surface area is 742 Å². The van der Waals surface area contributed by atoms with Gasteiger partial charge in [-0.1, -0.05) is 303 Å². The summed E-state index contributed by atoms with van der Waals surface area (Å²) in [7, 11) is 0. The average Bonchev–Trinajstić information content (AvgIpc) is 1.60. The van der Waals surface area contributed by atoms with Gasteiger partial charge in [-0.3, -0.25) is 0 Å². The molecule has 21 aromatic carbocycles. The number of thiophene rings is 2. The largest absolute Gasteiger partial charge is 0.456 e. The Morgan fingerprint density at radius 2 is 0.559 bits per heavy atom. The van der Waals surface area contributed by atoms with E-state index in [1.54, 1.807) is 0 Å². The van der Waals surface area contributed by atoms with Gasteiger partial charge in [0.15, 0.2) is 5.58 Å². The van der Waals surface area contributed by atoms with E-state index >= 15 is 0 Å². The summed E-state index contributed by atoms with van der Waals surface area (Å²) in [6.45, 7) is 2.26. The molecule has 0 N–H and O–H groups in total. The molecule has 0 saturated carbocycles. The number of aryl methyl sites for hydroxylation is 1. The topological polar surface area (TPSA) is 39.2 Å². The first-order valence-electron chi connectivity index (χ1n) is 43.2. The van der Waals surface area contributed by atoms with Crippen molar-refractivity contribution in [2.45, 2.75) is 6.92 Å². The Morgan fingerprint density at radius 3 is 1.16 bits per heavy atom. The van der Waals surface area contributed by atoms with Gasteiger partial charge in [-0.25, -0.2) is 0 Å². The lowest BCUT2D eigenvalue weighted by atomic mass is 9.93. The molecule has 127 heavy (non-hydrogen) atoms. The van der Waals surface area contributed by atoms with E-state index in [9.17, 15) is 0 Å². The van der Waals surface area contributed by atoms with Crippen molar-refractivity contribution >= 4 is 218 Å². The van der Waals surface area contributed by atoms with Crippen molar-refractivity contribution in [1.82, 2.24) is 0 Å². The molecule has 25 aromatic rings. The number of benzene rings is 21. The van der Waals surface area contributed by atoms with Crippen LogP contribution < -0.4 is 19.6 Å². The first-order chi connectivity index (χ1) is 62.9. The highest BCUT2D eigenvalue weighted by atomic mass is 32.1. The van der Waals surface area contributed by atoms with E-state index in [4.69, 9.17) is 8.83 Å². The van der Waals surface area contributed by atoms with Gasteiger partial charge < -0.3 is 28.4 Å². The van der Waals surface area contributed by atoms with Crippen LogP contribution in [0.25, 0.3) is 161 Å². The van der Waals surface area contributed by atoms with Gasteiger partial charge in [0, 0.05) is 135 Å². The van der Waals surface area contributed by atoms with Gasteiger partial charge in [0.25, 0.3) is 0 Å². The molecule has 6 nitrogen and oxygen atoms in total. The van der Waals surface area contributed by atoms with Crippen LogP contribution in [0.5, 0.6) is 0 Å². The van der Waals surface area contributed by atoms with Gasteiger partial charge in [-0.2, -0.15) is 0 Å². The maximum atomic E-state index is 6.80. The van der Waals surface area contributed by atoms with E-state index in [0.29, 0.717) is 0 Å². The third-order valence-corrected chi connectivity index (χ3v) is 27.5. The van der Waals surface area contributed by atoms with Gasteiger partial charge in [-0.15, -0.1) is 22.7 Å². The SMILES string of the molecule is Cc1cccc2c3cc(N(c4ccc5oc6ccccc6c5c4)c4ccccc4-c4ccccc4)ccc3c3sc4cc(N(c5ccccc5-c5ccccc5)c5cccc6c5oc5ccccc56)ccc4c3c12.c1ccc(N(c2ccccc2)c2ccc(-c3ccc4c(c3)c3ccccc3c3c5ccc(N(c6ccccc6)c6ccccc6)cc5sc43)cc2)cc1. The molecule has 0 aliphatic carbocycles. The predicted molar refractivity (Wildman–Crippen MR) is 543 cm³/mol. The second-order valence-corrected chi connectivity index (χ2v) is 34.6. The second kappa shape index (κ2) is 31.3. The fourth-order valence-electron chi connectivity index (χ4n) is 19.4. The molecular weight excluding hydrogens is 1580 g/mol. The molecule has 0 fully saturated rings. The molecule has 0 bridgehead atoms. The molecule has 8 heteroatoms. The zero-order valence-electron chi connectivity index (χ0n) is 69.2. The minimum Gasteiger partial charge on any atom is -0.456 e. The summed E-state index contributed by atoms with van der Waals surface area (Å²) in [6.07, 6.45) is 0. The molecule has 0 radical (unpaired) electrons. The lowest BCUT2D eigenvalue weighted by Crippen LogP contribution is -2.11. The normalized spacial score (nSPS) is 11.7. The van der Waals surface area contributed by atoms with Gasteiger partial charge >= 0.3 is 0 Å². The van der Waals surface area contributed by atoms with Gasteiger partial charge in [-0.05, 0) is 219 Å². The molecule has 0 atom stereocenters. The summed E-state index contributed by atoms with van der Waals surface area (Å²) >= 11 is 3.78. The summed E-state index contributed by atoms with van der Waals surface area (Å²) in [4.78, 5) is 9.48. The van der Waals surface area contributed by atoms with E-state index in [2.05, 4.69) is 463 Å². The van der Waals surface area contributed by atoms with Crippen molar-refractivity contribution in [2.24, 2.45) is 0 Å². The molecule has 0 aliphatic rings. The Kier molecular flexibility index (Phi) is 18.4. The Morgan fingerprint density at radius 1 is 0.189 bits per heavy atom. The molecular formula is C119H78N4O2S2. The zero-order chi connectivity index (χ0) is 84.0. The van der Waals surface area contributed by atoms with Gasteiger partial charge in [0.05, 0.1) is 17.1 Å². The van der Waals surface area contributed by atoms with E-state index < -0.39 is 0 Å². The molecule has 598 valence electrons. The van der Waals surface area contributed by atoms with Crippen LogP contribution in [0.4, 0.5) is 68.2 Å². The average molecular weight is 1660 g/mol. The fraction of sp³-hybridized carbons (Fsp3) is 0.00840. The lowest BCUT2D eigenvalue weighted by Gasteiger charge is -2.28. The molecule has 0 saturated heterocycles. The van der Waals surface area contributed by atoms with Crippen molar-refractivity contribution in [3.8, 4) is 33.4 Å². The number of anilines is 12. The number of rotatable bonds is 15. The van der Waals surface area contributed by atoms with Crippen molar-refractivity contribution < 1.29 is 8.83 Å². The first kappa shape index (κ1) is 74.7. The highest BCUT2D eigenvalue weighted by molar-refractivity contribution is 7.27. The van der Waals surface area contributed by atoms with E-state index in [-0.39, 0.29) is 0 Å². The zero-order valence-corrected chi connectivity index (χ0v) is 70.9. The number of nitrogens with zero attached hydrogens (tertiary/aromatic N) is 4. The second-order valence-electron chi connectivity index (χ2n) is 32.5. The standard InChI is InChI=1S/C69H44N2O2S.C50H34N2S/c1-43-18-16-27-53-57-40-46(70(59-29-12-8-23-49(59)44-19-4-2-5-20-44)47-36-39-64-58(41-47)52-26-11-14-32-62(52)72-64)34-37-55(57)69-67(66(43)53)56-38-35-48(42-65(56)74-69)71(60-30-13-9-24-50(60)45-21-6-3-7-22-45)61-31-17-28-54-51-25-10-15-33-63(51)73-68(54)61;1-5-15-37(16-6-1)51(38-17-7-2-8-18-38)41-28-25-35(26-29-41)36-27-31-45-47(33-36)43-23-13-14-24-44(43)49-46-32-30-42(34-48(46)53-50(45)49)52(39-19-9-3-10-20-39)40-21-11-4-12-22-40/h2-42H,1H3;1-34H. The maximum absolute atomic E-state index is 6.80. The number of fused-ring (bicyclic) bond motifs is 22. The lowest BCUT2D eigenvalue weighted by molar-refractivity contribution is 0.668. The summed E-state index contributed by atoms with van der Waals surface area (Å²) in [5, 5.41) is 19.7. The van der Waals surface area contributed by atoms with Crippen LogP contribution in [-0.2, 0) is 0 Å². The third kappa shape index (κ3) is 13.0. The van der Waals surface area contributed by atoms with Crippen LogP contribution in [-0.4, -0.2) is 0 Å². The third-order valence-electron chi connectivity index (χ3n) is 25.2. The highest BCUT2D eigenvalue weighted by Crippen LogP contribution is 2.54.